The molecule has 3 N–H and O–H groups in total. The summed E-state index contributed by atoms with van der Waals surface area (Å²) < 4.78 is 4.87. The van der Waals surface area contributed by atoms with Gasteiger partial charge in [-0.3, -0.25) is 4.79 Å². The second-order valence-electron chi connectivity index (χ2n) is 4.81. The van der Waals surface area contributed by atoms with Gasteiger partial charge >= 0.3 is 0 Å². The van der Waals surface area contributed by atoms with E-state index in [-0.39, 0.29) is 18.6 Å². The molecule has 6 nitrogen and oxygen atoms in total. The van der Waals surface area contributed by atoms with Crippen molar-refractivity contribution in [1.29, 1.82) is 0 Å². The molecule has 1 amide bonds. The van der Waals surface area contributed by atoms with Crippen LogP contribution < -0.4 is 16.0 Å². The minimum atomic E-state index is -0.632. The Morgan fingerprint density at radius 2 is 2.55 bits per heavy atom. The van der Waals surface area contributed by atoms with Gasteiger partial charge < -0.3 is 20.7 Å². The first kappa shape index (κ1) is 15.0. The van der Waals surface area contributed by atoms with Crippen LogP contribution in [0.5, 0.6) is 0 Å². The number of hydrogen-bond acceptors (Lipinski definition) is 5. The van der Waals surface area contributed by atoms with Gasteiger partial charge in [-0.2, -0.15) is 0 Å². The third-order valence-electron chi connectivity index (χ3n) is 3.26. The maximum atomic E-state index is 11.8. The molecular formula is C13H19ClN4O2. The highest BCUT2D eigenvalue weighted by atomic mass is 35.5. The van der Waals surface area contributed by atoms with E-state index >= 15 is 0 Å². The van der Waals surface area contributed by atoms with Crippen LogP contribution in [0, 0.1) is 0 Å². The Hall–Kier alpha value is -1.37. The summed E-state index contributed by atoms with van der Waals surface area (Å²) in [6, 6.07) is 3.03. The molecule has 0 radical (unpaired) electrons. The zero-order chi connectivity index (χ0) is 14.5. The van der Waals surface area contributed by atoms with Crippen molar-refractivity contribution in [3.8, 4) is 0 Å². The molecule has 1 aromatic rings. The van der Waals surface area contributed by atoms with Crippen molar-refractivity contribution in [2.24, 2.45) is 5.73 Å². The number of ether oxygens (including phenoxy) is 1. The zero-order valence-electron chi connectivity index (χ0n) is 11.4. The molecule has 1 aromatic heterocycles. The highest BCUT2D eigenvalue weighted by Gasteiger charge is 2.27. The van der Waals surface area contributed by atoms with Crippen molar-refractivity contribution in [2.45, 2.75) is 18.5 Å². The van der Waals surface area contributed by atoms with Crippen LogP contribution in [0.4, 0.5) is 5.82 Å². The molecular weight excluding hydrogens is 280 g/mol. The summed E-state index contributed by atoms with van der Waals surface area (Å²) >= 11 is 6.12. The molecule has 1 aliphatic rings. The van der Waals surface area contributed by atoms with E-state index in [0.717, 1.165) is 18.8 Å². The summed E-state index contributed by atoms with van der Waals surface area (Å²) in [5, 5.41) is 3.55. The molecule has 0 bridgehead atoms. The Morgan fingerprint density at radius 3 is 3.25 bits per heavy atom. The van der Waals surface area contributed by atoms with E-state index in [1.165, 1.54) is 7.11 Å². The van der Waals surface area contributed by atoms with Gasteiger partial charge in [0.25, 0.3) is 0 Å². The number of pyridine rings is 1. The predicted octanol–water partition coefficient (Wildman–Crippen LogP) is 0.404. The van der Waals surface area contributed by atoms with Crippen LogP contribution >= 0.6 is 11.6 Å². The Labute approximate surface area is 123 Å². The van der Waals surface area contributed by atoms with E-state index in [9.17, 15) is 4.79 Å². The molecule has 1 fully saturated rings. The van der Waals surface area contributed by atoms with E-state index < -0.39 is 6.04 Å². The number of halogens is 1. The standard InChI is InChI=1S/C13H19ClN4O2/c1-20-8-11(15)13(19)17-9-4-6-18(7-9)12-10(14)3-2-5-16-12/h2-3,5,9,11H,4,6-8,15H2,1H3,(H,17,19). The molecule has 20 heavy (non-hydrogen) atoms. The van der Waals surface area contributed by atoms with Crippen molar-refractivity contribution < 1.29 is 9.53 Å². The topological polar surface area (TPSA) is 80.5 Å². The smallest absolute Gasteiger partial charge is 0.239 e. The van der Waals surface area contributed by atoms with E-state index in [2.05, 4.69) is 15.2 Å². The Balaban J connectivity index is 1.90. The fourth-order valence-electron chi connectivity index (χ4n) is 2.24. The van der Waals surface area contributed by atoms with Gasteiger partial charge in [0, 0.05) is 32.4 Å². The lowest BCUT2D eigenvalue weighted by Gasteiger charge is -2.19. The van der Waals surface area contributed by atoms with Gasteiger partial charge in [-0.05, 0) is 18.6 Å². The molecule has 0 aromatic carbocycles. The summed E-state index contributed by atoms with van der Waals surface area (Å²) in [5.41, 5.74) is 5.69. The number of rotatable bonds is 5. The van der Waals surface area contributed by atoms with Gasteiger partial charge in [0.1, 0.15) is 11.9 Å². The first-order chi connectivity index (χ1) is 9.61. The highest BCUT2D eigenvalue weighted by molar-refractivity contribution is 6.32. The van der Waals surface area contributed by atoms with Crippen molar-refractivity contribution >= 4 is 23.3 Å². The third-order valence-corrected chi connectivity index (χ3v) is 3.55. The summed E-state index contributed by atoms with van der Waals surface area (Å²) in [6.45, 7) is 1.71. The Kier molecular flexibility index (Phi) is 5.17. The monoisotopic (exact) mass is 298 g/mol. The maximum absolute atomic E-state index is 11.8. The van der Waals surface area contributed by atoms with E-state index in [0.29, 0.717) is 11.6 Å². The van der Waals surface area contributed by atoms with E-state index in [1.807, 2.05) is 6.07 Å². The number of nitrogens with two attached hydrogens (primary N) is 1. The number of anilines is 1. The van der Waals surface area contributed by atoms with Crippen LogP contribution in [-0.2, 0) is 9.53 Å². The second kappa shape index (κ2) is 6.88. The molecule has 2 unspecified atom stereocenters. The normalized spacial score (nSPS) is 19.9. The number of carbonyl (C=O) groups is 1. The van der Waals surface area contributed by atoms with Gasteiger partial charge in [-0.1, -0.05) is 11.6 Å². The lowest BCUT2D eigenvalue weighted by Crippen LogP contribution is -2.48. The van der Waals surface area contributed by atoms with Gasteiger partial charge in [0.05, 0.1) is 11.6 Å². The van der Waals surface area contributed by atoms with Crippen LogP contribution in [0.2, 0.25) is 5.02 Å². The average molecular weight is 299 g/mol. The second-order valence-corrected chi connectivity index (χ2v) is 5.22. The first-order valence-corrected chi connectivity index (χ1v) is 6.90. The lowest BCUT2D eigenvalue weighted by molar-refractivity contribution is -0.124. The van der Waals surface area contributed by atoms with Crippen molar-refractivity contribution in [3.63, 3.8) is 0 Å². The Morgan fingerprint density at radius 1 is 1.75 bits per heavy atom. The number of nitrogens with zero attached hydrogens (tertiary/aromatic N) is 2. The Bertz CT molecular complexity index is 471. The van der Waals surface area contributed by atoms with Crippen LogP contribution in [0.25, 0.3) is 0 Å². The van der Waals surface area contributed by atoms with Crippen molar-refractivity contribution in [3.05, 3.63) is 23.4 Å². The summed E-state index contributed by atoms with van der Waals surface area (Å²) in [7, 11) is 1.52. The SMILES string of the molecule is COCC(N)C(=O)NC1CCN(c2ncccc2Cl)C1. The molecule has 0 spiro atoms. The first-order valence-electron chi connectivity index (χ1n) is 6.52. The van der Waals surface area contributed by atoms with Gasteiger partial charge in [0.2, 0.25) is 5.91 Å². The number of aromatic nitrogens is 1. The molecule has 2 heterocycles. The minimum Gasteiger partial charge on any atom is -0.383 e. The van der Waals surface area contributed by atoms with Crippen LogP contribution in [0.15, 0.2) is 18.3 Å². The van der Waals surface area contributed by atoms with Crippen molar-refractivity contribution in [2.75, 3.05) is 31.7 Å². The predicted molar refractivity (Wildman–Crippen MR) is 77.9 cm³/mol. The number of hydrogen-bond donors (Lipinski definition) is 2. The fraction of sp³-hybridized carbons (Fsp3) is 0.538. The van der Waals surface area contributed by atoms with Crippen LogP contribution in [0.1, 0.15) is 6.42 Å². The average Bonchev–Trinajstić information content (AvgIpc) is 2.87. The largest absolute Gasteiger partial charge is 0.383 e. The van der Waals surface area contributed by atoms with Crippen molar-refractivity contribution in [1.82, 2.24) is 10.3 Å². The number of amides is 1. The molecule has 1 saturated heterocycles. The molecule has 2 rings (SSSR count). The fourth-order valence-corrected chi connectivity index (χ4v) is 2.49. The molecule has 2 atom stereocenters. The summed E-state index contributed by atoms with van der Waals surface area (Å²) in [4.78, 5) is 18.2. The van der Waals surface area contributed by atoms with Crippen LogP contribution in [0.3, 0.4) is 0 Å². The number of carbonyl (C=O) groups excluding carboxylic acids is 1. The summed E-state index contributed by atoms with van der Waals surface area (Å²) in [6.07, 6.45) is 2.56. The molecule has 0 saturated carbocycles. The molecule has 1 aliphatic heterocycles. The van der Waals surface area contributed by atoms with Gasteiger partial charge in [0.15, 0.2) is 0 Å². The van der Waals surface area contributed by atoms with Gasteiger partial charge in [-0.15, -0.1) is 0 Å². The number of nitrogens with one attached hydrogen (secondary N) is 1. The summed E-state index contributed by atoms with van der Waals surface area (Å²) in [5.74, 6) is 0.568. The molecule has 7 heteroatoms. The molecule has 110 valence electrons. The van der Waals surface area contributed by atoms with E-state index in [4.69, 9.17) is 22.1 Å². The molecule has 0 aliphatic carbocycles. The minimum absolute atomic E-state index is 0.0588. The van der Waals surface area contributed by atoms with Gasteiger partial charge in [-0.25, -0.2) is 4.98 Å². The van der Waals surface area contributed by atoms with Crippen LogP contribution in [-0.4, -0.2) is 49.8 Å². The zero-order valence-corrected chi connectivity index (χ0v) is 12.1. The quantitative estimate of drug-likeness (QED) is 0.823. The maximum Gasteiger partial charge on any atom is 0.239 e. The highest BCUT2D eigenvalue weighted by Crippen LogP contribution is 2.25. The third kappa shape index (κ3) is 3.59. The number of methoxy groups -OCH3 is 1. The van der Waals surface area contributed by atoms with E-state index in [1.54, 1.807) is 12.3 Å². The lowest BCUT2D eigenvalue weighted by atomic mass is 10.2.